The monoisotopic (exact) mass is 481 g/mol. The number of rotatable bonds is 4. The number of nitrogens with zero attached hydrogens (tertiary/aromatic N) is 2. The van der Waals surface area contributed by atoms with Crippen LogP contribution in [0.3, 0.4) is 0 Å². The van der Waals surface area contributed by atoms with Crippen molar-refractivity contribution in [2.24, 2.45) is 0 Å². The fourth-order valence-corrected chi connectivity index (χ4v) is 3.57. The summed E-state index contributed by atoms with van der Waals surface area (Å²) in [5.41, 5.74) is 1.11. The summed E-state index contributed by atoms with van der Waals surface area (Å²) in [7, 11) is 0. The van der Waals surface area contributed by atoms with E-state index < -0.39 is 0 Å². The molecule has 0 spiro atoms. The average Bonchev–Trinajstić information content (AvgIpc) is 3.12. The number of benzene rings is 1. The molecule has 1 fully saturated rings. The minimum absolute atomic E-state index is 0.0177. The first-order chi connectivity index (χ1) is 13.0. The highest BCUT2D eigenvalue weighted by molar-refractivity contribution is 14.1. The van der Waals surface area contributed by atoms with Gasteiger partial charge in [-0.25, -0.2) is 0 Å². The minimum atomic E-state index is -0.331. The Kier molecular flexibility index (Phi) is 6.15. The Balaban J connectivity index is 1.49. The fraction of sp³-hybridized carbons (Fsp3) is 0.316. The van der Waals surface area contributed by atoms with Crippen LogP contribution in [0.15, 0.2) is 41.0 Å². The van der Waals surface area contributed by atoms with Crippen molar-refractivity contribution in [3.05, 3.63) is 57.1 Å². The van der Waals surface area contributed by atoms with Crippen molar-refractivity contribution >= 4 is 40.3 Å². The maximum absolute atomic E-state index is 12.6. The van der Waals surface area contributed by atoms with Gasteiger partial charge in [-0.3, -0.25) is 14.4 Å². The van der Waals surface area contributed by atoms with Gasteiger partial charge in [-0.15, -0.1) is 0 Å². The van der Waals surface area contributed by atoms with Crippen molar-refractivity contribution in [1.29, 1.82) is 0 Å². The summed E-state index contributed by atoms with van der Waals surface area (Å²) < 4.78 is 6.01. The van der Waals surface area contributed by atoms with E-state index in [0.717, 1.165) is 3.57 Å². The zero-order valence-corrected chi connectivity index (χ0v) is 17.1. The van der Waals surface area contributed by atoms with E-state index in [2.05, 4.69) is 27.9 Å². The Bertz CT molecular complexity index is 856. The van der Waals surface area contributed by atoms with E-state index >= 15 is 0 Å². The quantitative estimate of drug-likeness (QED) is 0.677. The number of carbonyl (C=O) groups excluding carboxylic acids is 3. The van der Waals surface area contributed by atoms with Crippen LogP contribution in [-0.2, 0) is 4.79 Å². The van der Waals surface area contributed by atoms with E-state index in [1.54, 1.807) is 22.8 Å². The van der Waals surface area contributed by atoms with Gasteiger partial charge in [0.1, 0.15) is 5.76 Å². The molecule has 1 aromatic carbocycles. The van der Waals surface area contributed by atoms with Crippen LogP contribution < -0.4 is 5.32 Å². The van der Waals surface area contributed by atoms with Crippen LogP contribution in [-0.4, -0.2) is 60.2 Å². The standard InChI is InChI=1S/C19H20IN3O4/c1-13-14(6-11-27-13)18(25)21-12-17(24)22-7-9-23(10-8-22)19(26)15-4-2-3-5-16(15)20/h2-6,11H,7-10,12H2,1H3,(H,21,25). The van der Waals surface area contributed by atoms with Crippen molar-refractivity contribution in [2.45, 2.75) is 6.92 Å². The summed E-state index contributed by atoms with van der Waals surface area (Å²) in [5.74, 6) is 0.00593. The molecule has 0 aliphatic carbocycles. The van der Waals surface area contributed by atoms with Crippen molar-refractivity contribution in [3.8, 4) is 0 Å². The molecular formula is C19H20IN3O4. The normalized spacial score (nSPS) is 14.1. The number of halogens is 1. The lowest BCUT2D eigenvalue weighted by Crippen LogP contribution is -2.52. The SMILES string of the molecule is Cc1occc1C(=O)NCC(=O)N1CCN(C(=O)c2ccccc2I)CC1. The van der Waals surface area contributed by atoms with Crippen LogP contribution >= 0.6 is 22.6 Å². The van der Waals surface area contributed by atoms with Crippen LogP contribution in [0.25, 0.3) is 0 Å². The van der Waals surface area contributed by atoms with Gasteiger partial charge in [0, 0.05) is 29.7 Å². The summed E-state index contributed by atoms with van der Waals surface area (Å²) in [6, 6.07) is 9.03. The lowest BCUT2D eigenvalue weighted by Gasteiger charge is -2.35. The van der Waals surface area contributed by atoms with E-state index in [1.165, 1.54) is 6.26 Å². The summed E-state index contributed by atoms with van der Waals surface area (Å²) in [4.78, 5) is 40.4. The predicted molar refractivity (Wildman–Crippen MR) is 107 cm³/mol. The van der Waals surface area contributed by atoms with E-state index in [-0.39, 0.29) is 24.3 Å². The molecule has 0 saturated carbocycles. The van der Waals surface area contributed by atoms with Gasteiger partial charge in [-0.05, 0) is 47.7 Å². The van der Waals surface area contributed by atoms with E-state index in [1.807, 2.05) is 24.3 Å². The molecule has 2 heterocycles. The number of hydrogen-bond acceptors (Lipinski definition) is 4. The van der Waals surface area contributed by atoms with Gasteiger partial charge in [0.25, 0.3) is 11.8 Å². The van der Waals surface area contributed by atoms with Crippen LogP contribution in [0.2, 0.25) is 0 Å². The predicted octanol–water partition coefficient (Wildman–Crippen LogP) is 1.91. The molecule has 0 unspecified atom stereocenters. The summed E-state index contributed by atoms with van der Waals surface area (Å²) >= 11 is 2.15. The van der Waals surface area contributed by atoms with Crippen molar-refractivity contribution in [1.82, 2.24) is 15.1 Å². The van der Waals surface area contributed by atoms with Gasteiger partial charge in [0.15, 0.2) is 0 Å². The van der Waals surface area contributed by atoms with Gasteiger partial charge in [-0.2, -0.15) is 0 Å². The molecule has 3 amide bonds. The fourth-order valence-electron chi connectivity index (χ4n) is 2.95. The van der Waals surface area contributed by atoms with Gasteiger partial charge < -0.3 is 19.5 Å². The lowest BCUT2D eigenvalue weighted by molar-refractivity contribution is -0.131. The molecule has 1 aliphatic heterocycles. The molecule has 1 N–H and O–H groups in total. The molecule has 0 bridgehead atoms. The number of nitrogens with one attached hydrogen (secondary N) is 1. The average molecular weight is 481 g/mol. The Morgan fingerprint density at radius 2 is 1.70 bits per heavy atom. The number of carbonyl (C=O) groups is 3. The van der Waals surface area contributed by atoms with E-state index in [4.69, 9.17) is 4.42 Å². The number of hydrogen-bond donors (Lipinski definition) is 1. The highest BCUT2D eigenvalue weighted by atomic mass is 127. The molecule has 8 heteroatoms. The minimum Gasteiger partial charge on any atom is -0.469 e. The summed E-state index contributed by atoms with van der Waals surface area (Å²) in [6.45, 7) is 3.48. The third-order valence-electron chi connectivity index (χ3n) is 4.53. The Morgan fingerprint density at radius 3 is 2.33 bits per heavy atom. The Labute approximate surface area is 170 Å². The second-order valence-corrected chi connectivity index (χ2v) is 7.39. The van der Waals surface area contributed by atoms with Crippen molar-refractivity contribution in [2.75, 3.05) is 32.7 Å². The van der Waals surface area contributed by atoms with Gasteiger partial charge >= 0.3 is 0 Å². The molecule has 27 heavy (non-hydrogen) atoms. The zero-order valence-electron chi connectivity index (χ0n) is 14.9. The number of piperazine rings is 1. The zero-order chi connectivity index (χ0) is 19.4. The first kappa shape index (κ1) is 19.4. The van der Waals surface area contributed by atoms with Crippen LogP contribution in [0.4, 0.5) is 0 Å². The van der Waals surface area contributed by atoms with Crippen molar-refractivity contribution in [3.63, 3.8) is 0 Å². The second kappa shape index (κ2) is 8.55. The number of aryl methyl sites for hydroxylation is 1. The second-order valence-electron chi connectivity index (χ2n) is 6.23. The molecular weight excluding hydrogens is 461 g/mol. The lowest BCUT2D eigenvalue weighted by atomic mass is 10.2. The number of furan rings is 1. The molecule has 1 aromatic heterocycles. The van der Waals surface area contributed by atoms with E-state index in [9.17, 15) is 14.4 Å². The first-order valence-electron chi connectivity index (χ1n) is 8.61. The first-order valence-corrected chi connectivity index (χ1v) is 9.69. The summed E-state index contributed by atoms with van der Waals surface area (Å²) in [6.07, 6.45) is 1.44. The van der Waals surface area contributed by atoms with Gasteiger partial charge in [-0.1, -0.05) is 12.1 Å². The molecule has 2 aromatic rings. The smallest absolute Gasteiger partial charge is 0.255 e. The molecule has 1 saturated heterocycles. The van der Waals surface area contributed by atoms with Crippen LogP contribution in [0.5, 0.6) is 0 Å². The maximum Gasteiger partial charge on any atom is 0.255 e. The highest BCUT2D eigenvalue weighted by Crippen LogP contribution is 2.15. The van der Waals surface area contributed by atoms with Crippen LogP contribution in [0.1, 0.15) is 26.5 Å². The summed E-state index contributed by atoms with van der Waals surface area (Å²) in [5, 5.41) is 2.62. The molecule has 0 atom stereocenters. The Morgan fingerprint density at radius 1 is 1.04 bits per heavy atom. The Hall–Kier alpha value is -2.36. The van der Waals surface area contributed by atoms with Gasteiger partial charge in [0.05, 0.1) is 23.9 Å². The molecule has 3 rings (SSSR count). The third-order valence-corrected chi connectivity index (χ3v) is 5.47. The largest absolute Gasteiger partial charge is 0.469 e. The van der Waals surface area contributed by atoms with Gasteiger partial charge in [0.2, 0.25) is 5.91 Å². The van der Waals surface area contributed by atoms with Crippen LogP contribution in [0, 0.1) is 10.5 Å². The van der Waals surface area contributed by atoms with Crippen molar-refractivity contribution < 1.29 is 18.8 Å². The number of amides is 3. The molecule has 142 valence electrons. The molecule has 0 radical (unpaired) electrons. The molecule has 1 aliphatic rings. The molecule has 7 nitrogen and oxygen atoms in total. The maximum atomic E-state index is 12.6. The topological polar surface area (TPSA) is 82.9 Å². The third kappa shape index (κ3) is 4.49. The van der Waals surface area contributed by atoms with E-state index in [0.29, 0.717) is 43.1 Å². The highest BCUT2D eigenvalue weighted by Gasteiger charge is 2.26.